The maximum absolute atomic E-state index is 5.54. The van der Waals surface area contributed by atoms with Crippen molar-refractivity contribution in [2.24, 2.45) is 0 Å². The van der Waals surface area contributed by atoms with Gasteiger partial charge in [-0.3, -0.25) is 4.90 Å². The molecule has 2 aromatic heterocycles. The lowest BCUT2D eigenvalue weighted by Crippen LogP contribution is -2.34. The SMILES string of the molecule is CCC1c2ccsc2CCN1Cc1csc(-c2ccc(OC)cc2OC)n1. The van der Waals surface area contributed by atoms with Gasteiger partial charge in [-0.2, -0.15) is 0 Å². The van der Waals surface area contributed by atoms with Crippen LogP contribution in [0.3, 0.4) is 0 Å². The van der Waals surface area contributed by atoms with Crippen LogP contribution in [-0.4, -0.2) is 30.6 Å². The van der Waals surface area contributed by atoms with Crippen LogP contribution in [0.15, 0.2) is 35.0 Å². The second kappa shape index (κ2) is 8.00. The third-order valence-corrected chi connectivity index (χ3v) is 7.07. The molecule has 0 amide bonds. The fourth-order valence-corrected chi connectivity index (χ4v) is 5.57. The third-order valence-electron chi connectivity index (χ3n) is 5.15. The topological polar surface area (TPSA) is 34.6 Å². The Hall–Kier alpha value is -1.89. The van der Waals surface area contributed by atoms with Gasteiger partial charge in [0, 0.05) is 35.5 Å². The number of thiophene rings is 1. The first-order valence-corrected chi connectivity index (χ1v) is 11.0. The van der Waals surface area contributed by atoms with Gasteiger partial charge in [-0.25, -0.2) is 4.98 Å². The van der Waals surface area contributed by atoms with Crippen LogP contribution < -0.4 is 9.47 Å². The second-order valence-corrected chi connectivity index (χ2v) is 8.51. The Bertz CT molecular complexity index is 919. The van der Waals surface area contributed by atoms with Gasteiger partial charge in [0.15, 0.2) is 0 Å². The lowest BCUT2D eigenvalue weighted by molar-refractivity contribution is 0.171. The fourth-order valence-electron chi connectivity index (χ4n) is 3.80. The molecular weight excluding hydrogens is 376 g/mol. The maximum atomic E-state index is 5.54. The molecule has 1 aliphatic rings. The lowest BCUT2D eigenvalue weighted by Gasteiger charge is -2.34. The molecule has 0 fully saturated rings. The van der Waals surface area contributed by atoms with E-state index in [2.05, 4.69) is 28.7 Å². The van der Waals surface area contributed by atoms with Crippen molar-refractivity contribution >= 4 is 22.7 Å². The summed E-state index contributed by atoms with van der Waals surface area (Å²) in [5.41, 5.74) is 3.66. The molecule has 4 nitrogen and oxygen atoms in total. The summed E-state index contributed by atoms with van der Waals surface area (Å²) >= 11 is 3.57. The van der Waals surface area contributed by atoms with Crippen molar-refractivity contribution < 1.29 is 9.47 Å². The molecule has 27 heavy (non-hydrogen) atoms. The number of aromatic nitrogens is 1. The Balaban J connectivity index is 1.55. The van der Waals surface area contributed by atoms with Gasteiger partial charge in [0.1, 0.15) is 16.5 Å². The molecule has 1 atom stereocenters. The zero-order valence-electron chi connectivity index (χ0n) is 15.9. The molecule has 0 aliphatic carbocycles. The van der Waals surface area contributed by atoms with Crippen molar-refractivity contribution in [2.75, 3.05) is 20.8 Å². The van der Waals surface area contributed by atoms with Gasteiger partial charge in [0.25, 0.3) is 0 Å². The minimum absolute atomic E-state index is 0.501. The van der Waals surface area contributed by atoms with Crippen LogP contribution in [0.25, 0.3) is 10.6 Å². The molecule has 0 bridgehead atoms. The largest absolute Gasteiger partial charge is 0.497 e. The molecule has 4 rings (SSSR count). The van der Waals surface area contributed by atoms with E-state index in [-0.39, 0.29) is 0 Å². The molecule has 0 radical (unpaired) electrons. The van der Waals surface area contributed by atoms with Crippen LogP contribution in [0.5, 0.6) is 11.5 Å². The predicted molar refractivity (Wildman–Crippen MR) is 112 cm³/mol. The molecule has 0 saturated heterocycles. The van der Waals surface area contributed by atoms with Crippen molar-refractivity contribution in [1.82, 2.24) is 9.88 Å². The van der Waals surface area contributed by atoms with Crippen molar-refractivity contribution in [3.05, 3.63) is 51.2 Å². The summed E-state index contributed by atoms with van der Waals surface area (Å²) in [6.07, 6.45) is 2.28. The Morgan fingerprint density at radius 3 is 2.85 bits per heavy atom. The Morgan fingerprint density at radius 1 is 1.19 bits per heavy atom. The van der Waals surface area contributed by atoms with Crippen LogP contribution in [0.2, 0.25) is 0 Å². The van der Waals surface area contributed by atoms with E-state index in [4.69, 9.17) is 14.5 Å². The highest BCUT2D eigenvalue weighted by molar-refractivity contribution is 7.13. The van der Waals surface area contributed by atoms with Gasteiger partial charge in [0.2, 0.25) is 0 Å². The summed E-state index contributed by atoms with van der Waals surface area (Å²) in [6, 6.07) is 8.68. The molecule has 0 N–H and O–H groups in total. The van der Waals surface area contributed by atoms with Crippen LogP contribution in [-0.2, 0) is 13.0 Å². The van der Waals surface area contributed by atoms with E-state index in [1.807, 2.05) is 29.5 Å². The van der Waals surface area contributed by atoms with Gasteiger partial charge in [-0.1, -0.05) is 6.92 Å². The number of hydrogen-bond acceptors (Lipinski definition) is 6. The van der Waals surface area contributed by atoms with Crippen LogP contribution in [0.1, 0.15) is 35.5 Å². The highest BCUT2D eigenvalue weighted by Crippen LogP contribution is 2.38. The minimum Gasteiger partial charge on any atom is -0.497 e. The van der Waals surface area contributed by atoms with Crippen LogP contribution in [0, 0.1) is 0 Å². The summed E-state index contributed by atoms with van der Waals surface area (Å²) in [6.45, 7) is 4.27. The molecule has 0 spiro atoms. The first-order valence-electron chi connectivity index (χ1n) is 9.20. The quantitative estimate of drug-likeness (QED) is 0.555. The van der Waals surface area contributed by atoms with E-state index in [9.17, 15) is 0 Å². The molecule has 3 aromatic rings. The highest BCUT2D eigenvalue weighted by Gasteiger charge is 2.27. The van der Waals surface area contributed by atoms with E-state index in [1.165, 1.54) is 5.56 Å². The van der Waals surface area contributed by atoms with Crippen LogP contribution in [0.4, 0.5) is 0 Å². The number of hydrogen-bond donors (Lipinski definition) is 0. The second-order valence-electron chi connectivity index (χ2n) is 6.65. The zero-order valence-corrected chi connectivity index (χ0v) is 17.5. The molecule has 0 saturated carbocycles. The standard InChI is InChI=1S/C21H24N2O2S2/c1-4-18-16-8-10-26-20(16)7-9-23(18)12-14-13-27-21(22-14)17-6-5-15(24-2)11-19(17)25-3/h5-6,8,10-11,13,18H,4,7,9,12H2,1-3H3. The predicted octanol–water partition coefficient (Wildman–Crippen LogP) is 5.40. The Morgan fingerprint density at radius 2 is 2.07 bits per heavy atom. The lowest BCUT2D eigenvalue weighted by atomic mass is 9.98. The van der Waals surface area contributed by atoms with E-state index in [0.717, 1.165) is 53.7 Å². The monoisotopic (exact) mass is 400 g/mol. The third kappa shape index (κ3) is 3.61. The Labute approximate surface area is 168 Å². The van der Waals surface area contributed by atoms with E-state index in [0.29, 0.717) is 6.04 Å². The molecule has 1 aromatic carbocycles. The summed E-state index contributed by atoms with van der Waals surface area (Å²) in [4.78, 5) is 9.03. The van der Waals surface area contributed by atoms with E-state index in [1.54, 1.807) is 30.4 Å². The minimum atomic E-state index is 0.501. The number of thiazole rings is 1. The fraction of sp³-hybridized carbons (Fsp3) is 0.381. The van der Waals surface area contributed by atoms with Crippen molar-refractivity contribution in [3.63, 3.8) is 0 Å². The molecular formula is C21H24N2O2S2. The first kappa shape index (κ1) is 18.5. The van der Waals surface area contributed by atoms with Crippen molar-refractivity contribution in [2.45, 2.75) is 32.4 Å². The molecule has 142 valence electrons. The highest BCUT2D eigenvalue weighted by atomic mass is 32.1. The molecule has 3 heterocycles. The molecule has 1 aliphatic heterocycles. The van der Waals surface area contributed by atoms with E-state index < -0.39 is 0 Å². The number of fused-ring (bicyclic) bond motifs is 1. The summed E-state index contributed by atoms with van der Waals surface area (Å²) in [7, 11) is 3.35. The summed E-state index contributed by atoms with van der Waals surface area (Å²) in [5, 5.41) is 5.40. The van der Waals surface area contributed by atoms with E-state index >= 15 is 0 Å². The average Bonchev–Trinajstić information content (AvgIpc) is 3.36. The number of rotatable bonds is 6. The smallest absolute Gasteiger partial charge is 0.132 e. The number of methoxy groups -OCH3 is 2. The van der Waals surface area contributed by atoms with Gasteiger partial charge in [0.05, 0.1) is 25.5 Å². The molecule has 6 heteroatoms. The van der Waals surface area contributed by atoms with Gasteiger partial charge in [-0.05, 0) is 42.0 Å². The first-order chi connectivity index (χ1) is 13.2. The average molecular weight is 401 g/mol. The van der Waals surface area contributed by atoms with Crippen LogP contribution >= 0.6 is 22.7 Å². The summed E-state index contributed by atoms with van der Waals surface area (Å²) in [5.74, 6) is 1.58. The number of benzene rings is 1. The van der Waals surface area contributed by atoms with Crippen molar-refractivity contribution in [1.29, 1.82) is 0 Å². The molecule has 1 unspecified atom stereocenters. The Kier molecular flexibility index (Phi) is 5.48. The van der Waals surface area contributed by atoms with Gasteiger partial charge < -0.3 is 9.47 Å². The number of nitrogens with zero attached hydrogens (tertiary/aromatic N) is 2. The van der Waals surface area contributed by atoms with Gasteiger partial charge >= 0.3 is 0 Å². The normalized spacial score (nSPS) is 16.9. The maximum Gasteiger partial charge on any atom is 0.132 e. The summed E-state index contributed by atoms with van der Waals surface area (Å²) < 4.78 is 10.8. The van der Waals surface area contributed by atoms with Crippen molar-refractivity contribution in [3.8, 4) is 22.1 Å². The van der Waals surface area contributed by atoms with Gasteiger partial charge in [-0.15, -0.1) is 22.7 Å². The zero-order chi connectivity index (χ0) is 18.8. The number of ether oxygens (including phenoxy) is 2.